The number of nitrogens with two attached hydrogens (primary N) is 1. The monoisotopic (exact) mass is 282 g/mol. The largest absolute Gasteiger partial charge is 0.397 e. The Labute approximate surface area is 120 Å². The Morgan fingerprint density at radius 3 is 2.50 bits per heavy atom. The molecule has 1 fully saturated rings. The van der Waals surface area contributed by atoms with Crippen LogP contribution in [0.2, 0.25) is 0 Å². The SMILES string of the molecule is CC(C)CCN(c1c(N)ccc(F)c1F)C1CCCC1. The van der Waals surface area contributed by atoms with Crippen molar-refractivity contribution in [2.24, 2.45) is 5.92 Å². The summed E-state index contributed by atoms with van der Waals surface area (Å²) in [6.07, 6.45) is 5.33. The van der Waals surface area contributed by atoms with Gasteiger partial charge >= 0.3 is 0 Å². The number of anilines is 2. The van der Waals surface area contributed by atoms with Crippen LogP contribution in [0.15, 0.2) is 12.1 Å². The van der Waals surface area contributed by atoms with Crippen LogP contribution in [0, 0.1) is 17.6 Å². The van der Waals surface area contributed by atoms with Gasteiger partial charge in [0.15, 0.2) is 11.6 Å². The molecule has 0 saturated heterocycles. The molecule has 0 aromatic heterocycles. The molecule has 0 radical (unpaired) electrons. The second kappa shape index (κ2) is 6.42. The third-order valence-electron chi connectivity index (χ3n) is 4.10. The number of rotatable bonds is 5. The molecule has 20 heavy (non-hydrogen) atoms. The number of nitrogen functional groups attached to an aromatic ring is 1. The molecule has 112 valence electrons. The van der Waals surface area contributed by atoms with Crippen molar-refractivity contribution < 1.29 is 8.78 Å². The van der Waals surface area contributed by atoms with Gasteiger partial charge in [-0.15, -0.1) is 0 Å². The quantitative estimate of drug-likeness (QED) is 0.814. The predicted octanol–water partition coefficient (Wildman–Crippen LogP) is 4.34. The molecule has 1 aliphatic carbocycles. The van der Waals surface area contributed by atoms with Gasteiger partial charge in [-0.25, -0.2) is 8.78 Å². The fraction of sp³-hybridized carbons (Fsp3) is 0.625. The highest BCUT2D eigenvalue weighted by Gasteiger charge is 2.27. The number of hydrogen-bond donors (Lipinski definition) is 1. The lowest BCUT2D eigenvalue weighted by Gasteiger charge is -2.33. The lowest BCUT2D eigenvalue weighted by Crippen LogP contribution is -2.36. The molecule has 1 aromatic carbocycles. The maximum atomic E-state index is 14.2. The molecule has 0 aliphatic heterocycles. The van der Waals surface area contributed by atoms with Crippen molar-refractivity contribution in [2.45, 2.75) is 52.0 Å². The Kier molecular flexibility index (Phi) is 4.84. The third-order valence-corrected chi connectivity index (χ3v) is 4.10. The van der Waals surface area contributed by atoms with Gasteiger partial charge in [-0.3, -0.25) is 0 Å². The van der Waals surface area contributed by atoms with Crippen molar-refractivity contribution in [2.75, 3.05) is 17.2 Å². The molecule has 0 atom stereocenters. The summed E-state index contributed by atoms with van der Waals surface area (Å²) in [5.41, 5.74) is 6.51. The zero-order valence-electron chi connectivity index (χ0n) is 12.3. The van der Waals surface area contributed by atoms with Crippen molar-refractivity contribution in [3.63, 3.8) is 0 Å². The highest BCUT2D eigenvalue weighted by Crippen LogP contribution is 2.35. The van der Waals surface area contributed by atoms with Crippen LogP contribution in [0.1, 0.15) is 46.0 Å². The minimum absolute atomic E-state index is 0.262. The van der Waals surface area contributed by atoms with Gasteiger partial charge in [0.1, 0.15) is 0 Å². The van der Waals surface area contributed by atoms with Crippen molar-refractivity contribution in [1.29, 1.82) is 0 Å². The number of benzene rings is 1. The molecule has 0 heterocycles. The van der Waals surface area contributed by atoms with Crippen LogP contribution in [0.25, 0.3) is 0 Å². The number of hydrogen-bond acceptors (Lipinski definition) is 2. The van der Waals surface area contributed by atoms with Crippen LogP contribution >= 0.6 is 0 Å². The molecule has 0 spiro atoms. The minimum Gasteiger partial charge on any atom is -0.397 e. The number of nitrogens with zero attached hydrogens (tertiary/aromatic N) is 1. The van der Waals surface area contributed by atoms with E-state index >= 15 is 0 Å². The topological polar surface area (TPSA) is 29.3 Å². The maximum absolute atomic E-state index is 14.2. The van der Waals surface area contributed by atoms with E-state index in [1.807, 2.05) is 4.90 Å². The summed E-state index contributed by atoms with van der Waals surface area (Å²) in [5, 5.41) is 0. The van der Waals surface area contributed by atoms with Gasteiger partial charge < -0.3 is 10.6 Å². The van der Waals surface area contributed by atoms with E-state index in [9.17, 15) is 8.78 Å². The Balaban J connectivity index is 2.32. The minimum atomic E-state index is -0.818. The summed E-state index contributed by atoms with van der Waals surface area (Å²) in [6, 6.07) is 2.85. The van der Waals surface area contributed by atoms with Gasteiger partial charge in [-0.1, -0.05) is 26.7 Å². The van der Waals surface area contributed by atoms with E-state index in [0.29, 0.717) is 11.6 Å². The van der Waals surface area contributed by atoms with Gasteiger partial charge in [0.2, 0.25) is 0 Å². The second-order valence-electron chi connectivity index (χ2n) is 6.11. The van der Waals surface area contributed by atoms with Crippen LogP contribution < -0.4 is 10.6 Å². The molecule has 0 unspecified atom stereocenters. The first kappa shape index (κ1) is 15.1. The first-order valence-electron chi connectivity index (χ1n) is 7.50. The van der Waals surface area contributed by atoms with Gasteiger partial charge in [-0.05, 0) is 37.3 Å². The number of halogens is 2. The Hall–Kier alpha value is -1.32. The molecule has 0 amide bonds. The highest BCUT2D eigenvalue weighted by molar-refractivity contribution is 5.69. The van der Waals surface area contributed by atoms with E-state index < -0.39 is 11.6 Å². The normalized spacial score (nSPS) is 16.1. The van der Waals surface area contributed by atoms with Crippen LogP contribution in [-0.4, -0.2) is 12.6 Å². The summed E-state index contributed by atoms with van der Waals surface area (Å²) in [4.78, 5) is 2.00. The summed E-state index contributed by atoms with van der Waals surface area (Å²) >= 11 is 0. The summed E-state index contributed by atoms with van der Waals surface area (Å²) < 4.78 is 27.7. The zero-order valence-corrected chi connectivity index (χ0v) is 12.3. The van der Waals surface area contributed by atoms with Crippen LogP contribution in [0.5, 0.6) is 0 Å². The lowest BCUT2D eigenvalue weighted by atomic mass is 10.1. The molecule has 0 bridgehead atoms. The maximum Gasteiger partial charge on any atom is 0.184 e. The molecular formula is C16H24F2N2. The van der Waals surface area contributed by atoms with Gasteiger partial charge in [0, 0.05) is 12.6 Å². The van der Waals surface area contributed by atoms with E-state index in [1.165, 1.54) is 6.07 Å². The van der Waals surface area contributed by atoms with E-state index in [4.69, 9.17) is 5.73 Å². The summed E-state index contributed by atoms with van der Waals surface area (Å²) in [7, 11) is 0. The molecule has 1 saturated carbocycles. The molecule has 1 aromatic rings. The van der Waals surface area contributed by atoms with E-state index in [-0.39, 0.29) is 11.7 Å². The van der Waals surface area contributed by atoms with Crippen LogP contribution in [-0.2, 0) is 0 Å². The van der Waals surface area contributed by atoms with E-state index in [0.717, 1.165) is 44.7 Å². The average molecular weight is 282 g/mol. The molecule has 2 nitrogen and oxygen atoms in total. The second-order valence-corrected chi connectivity index (χ2v) is 6.11. The third kappa shape index (κ3) is 3.22. The molecule has 2 N–H and O–H groups in total. The van der Waals surface area contributed by atoms with Crippen molar-refractivity contribution in [3.05, 3.63) is 23.8 Å². The van der Waals surface area contributed by atoms with Crippen molar-refractivity contribution >= 4 is 11.4 Å². The van der Waals surface area contributed by atoms with Crippen LogP contribution in [0.3, 0.4) is 0 Å². The Bertz CT molecular complexity index is 454. The van der Waals surface area contributed by atoms with Gasteiger partial charge in [0.25, 0.3) is 0 Å². The Morgan fingerprint density at radius 1 is 1.25 bits per heavy atom. The molecular weight excluding hydrogens is 258 g/mol. The fourth-order valence-electron chi connectivity index (χ4n) is 2.94. The first-order valence-corrected chi connectivity index (χ1v) is 7.50. The van der Waals surface area contributed by atoms with Crippen molar-refractivity contribution in [1.82, 2.24) is 0 Å². The smallest absolute Gasteiger partial charge is 0.184 e. The fourth-order valence-corrected chi connectivity index (χ4v) is 2.94. The van der Waals surface area contributed by atoms with E-state index in [2.05, 4.69) is 13.8 Å². The molecule has 2 rings (SSSR count). The highest BCUT2D eigenvalue weighted by atomic mass is 19.2. The Morgan fingerprint density at radius 2 is 1.90 bits per heavy atom. The zero-order chi connectivity index (χ0) is 14.7. The van der Waals surface area contributed by atoms with Gasteiger partial charge in [0.05, 0.1) is 11.4 Å². The molecule has 4 heteroatoms. The summed E-state index contributed by atoms with van der Waals surface area (Å²) in [5.74, 6) is -1.10. The standard InChI is InChI=1S/C16H24F2N2/c1-11(2)9-10-20(12-5-3-4-6-12)16-14(19)8-7-13(17)15(16)18/h7-8,11-12H,3-6,9-10,19H2,1-2H3. The average Bonchev–Trinajstić information content (AvgIpc) is 2.91. The predicted molar refractivity (Wildman–Crippen MR) is 79.8 cm³/mol. The molecule has 1 aliphatic rings. The first-order chi connectivity index (χ1) is 9.50. The van der Waals surface area contributed by atoms with Crippen LogP contribution in [0.4, 0.5) is 20.2 Å². The summed E-state index contributed by atoms with van der Waals surface area (Å²) in [6.45, 7) is 5.00. The van der Waals surface area contributed by atoms with E-state index in [1.54, 1.807) is 0 Å². The van der Waals surface area contributed by atoms with Gasteiger partial charge in [-0.2, -0.15) is 0 Å². The van der Waals surface area contributed by atoms with Crippen molar-refractivity contribution in [3.8, 4) is 0 Å². The lowest BCUT2D eigenvalue weighted by molar-refractivity contribution is 0.487.